The first-order valence-electron chi connectivity index (χ1n) is 9.72. The average molecular weight is 372 g/mol. The predicted octanol–water partition coefficient (Wildman–Crippen LogP) is 2.36. The van der Waals surface area contributed by atoms with Crippen molar-refractivity contribution in [3.8, 4) is 0 Å². The van der Waals surface area contributed by atoms with Crippen LogP contribution in [-0.4, -0.2) is 28.1 Å². The van der Waals surface area contributed by atoms with Crippen molar-refractivity contribution in [3.05, 3.63) is 32.8 Å². The highest BCUT2D eigenvalue weighted by molar-refractivity contribution is 5.98. The van der Waals surface area contributed by atoms with Gasteiger partial charge in [0.25, 0.3) is 0 Å². The number of amides is 1. The standard InChI is InChI=1S/C20H28N4O3/c1-4-5-9-18(25)21-14-12-16-17(23(3)20(27)19(26)22(16)2)13-15(14)24-10-7-6-8-11-24/h12-13H,4-11H2,1-3H3,(H,21,25). The fourth-order valence-electron chi connectivity index (χ4n) is 3.66. The minimum Gasteiger partial charge on any atom is -0.370 e. The van der Waals surface area contributed by atoms with E-state index in [4.69, 9.17) is 0 Å². The smallest absolute Gasteiger partial charge is 0.316 e. The molecule has 1 aliphatic heterocycles. The van der Waals surface area contributed by atoms with Crippen LogP contribution < -0.4 is 21.3 Å². The zero-order valence-corrected chi connectivity index (χ0v) is 16.4. The summed E-state index contributed by atoms with van der Waals surface area (Å²) in [4.78, 5) is 39.0. The van der Waals surface area contributed by atoms with Gasteiger partial charge in [-0.25, -0.2) is 0 Å². The lowest BCUT2D eigenvalue weighted by molar-refractivity contribution is -0.116. The number of rotatable bonds is 5. The second-order valence-corrected chi connectivity index (χ2v) is 7.29. The molecule has 2 heterocycles. The van der Waals surface area contributed by atoms with E-state index >= 15 is 0 Å². The van der Waals surface area contributed by atoms with Gasteiger partial charge in [-0.05, 0) is 37.8 Å². The molecule has 0 bridgehead atoms. The number of nitrogens with one attached hydrogen (secondary N) is 1. The Hall–Kier alpha value is -2.57. The van der Waals surface area contributed by atoms with Gasteiger partial charge < -0.3 is 19.4 Å². The largest absolute Gasteiger partial charge is 0.370 e. The molecule has 1 saturated heterocycles. The van der Waals surface area contributed by atoms with Crippen LogP contribution in [-0.2, 0) is 18.9 Å². The zero-order chi connectivity index (χ0) is 19.6. The van der Waals surface area contributed by atoms with Crippen LogP contribution >= 0.6 is 0 Å². The lowest BCUT2D eigenvalue weighted by Crippen LogP contribution is -2.39. The maximum atomic E-state index is 12.4. The van der Waals surface area contributed by atoms with E-state index in [1.807, 2.05) is 12.1 Å². The summed E-state index contributed by atoms with van der Waals surface area (Å²) in [5, 5.41) is 3.03. The molecule has 1 aromatic carbocycles. The molecule has 0 spiro atoms. The number of fused-ring (bicyclic) bond motifs is 1. The van der Waals surface area contributed by atoms with Gasteiger partial charge in [0.15, 0.2) is 0 Å². The Kier molecular flexibility index (Phi) is 5.68. The van der Waals surface area contributed by atoms with Crippen molar-refractivity contribution in [1.82, 2.24) is 9.13 Å². The first-order valence-corrected chi connectivity index (χ1v) is 9.72. The quantitative estimate of drug-likeness (QED) is 0.818. The van der Waals surface area contributed by atoms with E-state index in [0.717, 1.165) is 44.5 Å². The molecule has 2 aromatic rings. The Morgan fingerprint density at radius 3 is 2.19 bits per heavy atom. The van der Waals surface area contributed by atoms with Crippen LogP contribution in [0.2, 0.25) is 0 Å². The highest BCUT2D eigenvalue weighted by atomic mass is 16.2. The molecular weight excluding hydrogens is 344 g/mol. The SMILES string of the molecule is CCCCC(=O)Nc1cc2c(cc1N1CCCCC1)n(C)c(=O)c(=O)n2C. The summed E-state index contributed by atoms with van der Waals surface area (Å²) in [7, 11) is 3.21. The number of benzene rings is 1. The molecule has 146 valence electrons. The molecule has 0 radical (unpaired) electrons. The number of unbranched alkanes of at least 4 members (excludes halogenated alkanes) is 1. The van der Waals surface area contributed by atoms with E-state index in [0.29, 0.717) is 23.1 Å². The maximum absolute atomic E-state index is 12.4. The summed E-state index contributed by atoms with van der Waals surface area (Å²) in [5.41, 5.74) is 1.83. The number of hydrogen-bond acceptors (Lipinski definition) is 4. The molecule has 1 aromatic heterocycles. The maximum Gasteiger partial charge on any atom is 0.316 e. The van der Waals surface area contributed by atoms with Gasteiger partial charge in [0.05, 0.1) is 22.4 Å². The second-order valence-electron chi connectivity index (χ2n) is 7.29. The van der Waals surface area contributed by atoms with Crippen molar-refractivity contribution in [2.24, 2.45) is 14.1 Å². The molecule has 1 amide bonds. The van der Waals surface area contributed by atoms with Gasteiger partial charge in [-0.2, -0.15) is 0 Å². The van der Waals surface area contributed by atoms with E-state index in [9.17, 15) is 14.4 Å². The number of nitrogens with zero attached hydrogens (tertiary/aromatic N) is 3. The van der Waals surface area contributed by atoms with Gasteiger partial charge in [0.2, 0.25) is 5.91 Å². The first-order chi connectivity index (χ1) is 12.9. The lowest BCUT2D eigenvalue weighted by Gasteiger charge is -2.31. The van der Waals surface area contributed by atoms with Gasteiger partial charge in [0, 0.05) is 33.6 Å². The highest BCUT2D eigenvalue weighted by Crippen LogP contribution is 2.32. The molecule has 7 heteroatoms. The number of aromatic nitrogens is 2. The first kappa shape index (κ1) is 19.2. The lowest BCUT2D eigenvalue weighted by atomic mass is 10.1. The summed E-state index contributed by atoms with van der Waals surface area (Å²) >= 11 is 0. The number of carbonyl (C=O) groups is 1. The molecule has 27 heavy (non-hydrogen) atoms. The van der Waals surface area contributed by atoms with Crippen molar-refractivity contribution in [3.63, 3.8) is 0 Å². The van der Waals surface area contributed by atoms with E-state index in [1.165, 1.54) is 15.6 Å². The predicted molar refractivity (Wildman–Crippen MR) is 109 cm³/mol. The van der Waals surface area contributed by atoms with Gasteiger partial charge in [0.1, 0.15) is 0 Å². The summed E-state index contributed by atoms with van der Waals surface area (Å²) in [6, 6.07) is 3.75. The molecule has 3 rings (SSSR count). The minimum absolute atomic E-state index is 0.0238. The molecule has 7 nitrogen and oxygen atoms in total. The van der Waals surface area contributed by atoms with E-state index in [1.54, 1.807) is 14.1 Å². The molecule has 0 atom stereocenters. The summed E-state index contributed by atoms with van der Waals surface area (Å²) in [5.74, 6) is -0.0238. The van der Waals surface area contributed by atoms with Gasteiger partial charge in [-0.15, -0.1) is 0 Å². The Bertz CT molecular complexity index is 968. The second kappa shape index (κ2) is 7.98. The third kappa shape index (κ3) is 3.77. The van der Waals surface area contributed by atoms with Crippen molar-refractivity contribution >= 4 is 28.3 Å². The summed E-state index contributed by atoms with van der Waals surface area (Å²) in [6.07, 6.45) is 5.68. The van der Waals surface area contributed by atoms with Crippen molar-refractivity contribution < 1.29 is 4.79 Å². The molecule has 0 saturated carbocycles. The topological polar surface area (TPSA) is 76.3 Å². The molecule has 0 unspecified atom stereocenters. The Morgan fingerprint density at radius 1 is 1.00 bits per heavy atom. The normalized spacial score (nSPS) is 14.6. The minimum atomic E-state index is -0.570. The average Bonchev–Trinajstić information content (AvgIpc) is 2.69. The van der Waals surface area contributed by atoms with Crippen LogP contribution in [0.4, 0.5) is 11.4 Å². The van der Waals surface area contributed by atoms with Gasteiger partial charge in [-0.1, -0.05) is 13.3 Å². The van der Waals surface area contributed by atoms with Crippen LogP contribution in [0, 0.1) is 0 Å². The number of aryl methyl sites for hydroxylation is 2. The van der Waals surface area contributed by atoms with Crippen LogP contribution in [0.5, 0.6) is 0 Å². The molecule has 1 aliphatic rings. The fourth-order valence-corrected chi connectivity index (χ4v) is 3.66. The molecule has 1 fully saturated rings. The number of hydrogen-bond donors (Lipinski definition) is 1. The Morgan fingerprint density at radius 2 is 1.59 bits per heavy atom. The van der Waals surface area contributed by atoms with Crippen LogP contribution in [0.1, 0.15) is 45.4 Å². The summed E-state index contributed by atoms with van der Waals surface area (Å²) < 4.78 is 2.76. The third-order valence-corrected chi connectivity index (χ3v) is 5.34. The zero-order valence-electron chi connectivity index (χ0n) is 16.4. The van der Waals surface area contributed by atoms with E-state index in [-0.39, 0.29) is 5.91 Å². The van der Waals surface area contributed by atoms with E-state index < -0.39 is 11.1 Å². The highest BCUT2D eigenvalue weighted by Gasteiger charge is 2.19. The van der Waals surface area contributed by atoms with Crippen molar-refractivity contribution in [2.75, 3.05) is 23.3 Å². The van der Waals surface area contributed by atoms with Crippen molar-refractivity contribution in [1.29, 1.82) is 0 Å². The van der Waals surface area contributed by atoms with Crippen LogP contribution in [0.25, 0.3) is 11.0 Å². The summed E-state index contributed by atoms with van der Waals surface area (Å²) in [6.45, 7) is 3.89. The number of anilines is 2. The van der Waals surface area contributed by atoms with Crippen LogP contribution in [0.15, 0.2) is 21.7 Å². The third-order valence-electron chi connectivity index (χ3n) is 5.34. The van der Waals surface area contributed by atoms with Crippen LogP contribution in [0.3, 0.4) is 0 Å². The molecular formula is C20H28N4O3. The Balaban J connectivity index is 2.16. The van der Waals surface area contributed by atoms with Gasteiger partial charge >= 0.3 is 11.1 Å². The number of carbonyl (C=O) groups excluding carboxylic acids is 1. The van der Waals surface area contributed by atoms with Gasteiger partial charge in [-0.3, -0.25) is 14.4 Å². The molecule has 1 N–H and O–H groups in total. The van der Waals surface area contributed by atoms with E-state index in [2.05, 4.69) is 17.1 Å². The number of piperidine rings is 1. The monoisotopic (exact) mass is 372 g/mol. The Labute approximate surface area is 158 Å². The molecule has 0 aliphatic carbocycles. The fraction of sp³-hybridized carbons (Fsp3) is 0.550. The van der Waals surface area contributed by atoms with Crippen molar-refractivity contribution in [2.45, 2.75) is 45.4 Å².